The van der Waals surface area contributed by atoms with Crippen molar-refractivity contribution in [2.45, 2.75) is 27.3 Å². The van der Waals surface area contributed by atoms with E-state index in [2.05, 4.69) is 21.7 Å². The summed E-state index contributed by atoms with van der Waals surface area (Å²) in [6.07, 6.45) is 1.86. The first-order chi connectivity index (χ1) is 10.0. The fraction of sp³-hybridized carbons (Fsp3) is 0.294. The molecule has 110 valence electrons. The Balaban J connectivity index is 1.90. The van der Waals surface area contributed by atoms with Gasteiger partial charge in [0.05, 0.1) is 12.2 Å². The standard InChI is InChI=1S/C17H21N3O/c1-12(2)17(21)20-15-8-6-14(7-9-15)19-11-16-5-4-13(3)10-18-16/h4-10,12,19H,11H2,1-3H3,(H,20,21). The van der Waals surface area contributed by atoms with Crippen molar-refractivity contribution in [3.05, 3.63) is 53.9 Å². The molecule has 0 radical (unpaired) electrons. The Labute approximate surface area is 125 Å². The molecule has 0 aliphatic heterocycles. The van der Waals surface area contributed by atoms with Crippen molar-refractivity contribution in [1.29, 1.82) is 0 Å². The van der Waals surface area contributed by atoms with Crippen LogP contribution >= 0.6 is 0 Å². The van der Waals surface area contributed by atoms with Crippen molar-refractivity contribution in [1.82, 2.24) is 4.98 Å². The highest BCUT2D eigenvalue weighted by Gasteiger charge is 2.06. The maximum Gasteiger partial charge on any atom is 0.226 e. The fourth-order valence-electron chi connectivity index (χ4n) is 1.75. The maximum atomic E-state index is 11.6. The summed E-state index contributed by atoms with van der Waals surface area (Å²) in [5, 5.41) is 6.18. The molecular weight excluding hydrogens is 262 g/mol. The van der Waals surface area contributed by atoms with Crippen LogP contribution in [-0.4, -0.2) is 10.9 Å². The van der Waals surface area contributed by atoms with Gasteiger partial charge in [-0.2, -0.15) is 0 Å². The Bertz CT molecular complexity index is 588. The Kier molecular flexibility index (Phi) is 4.93. The number of hydrogen-bond donors (Lipinski definition) is 2. The summed E-state index contributed by atoms with van der Waals surface area (Å²) in [4.78, 5) is 16.0. The molecule has 1 amide bonds. The van der Waals surface area contributed by atoms with Crippen LogP contribution in [0.25, 0.3) is 0 Å². The molecule has 4 nitrogen and oxygen atoms in total. The number of benzene rings is 1. The number of aromatic nitrogens is 1. The van der Waals surface area contributed by atoms with Crippen molar-refractivity contribution in [3.8, 4) is 0 Å². The quantitative estimate of drug-likeness (QED) is 0.881. The monoisotopic (exact) mass is 283 g/mol. The average molecular weight is 283 g/mol. The number of aryl methyl sites for hydroxylation is 1. The molecule has 1 aromatic carbocycles. The topological polar surface area (TPSA) is 54.0 Å². The van der Waals surface area contributed by atoms with Crippen LogP contribution in [0.2, 0.25) is 0 Å². The van der Waals surface area contributed by atoms with Gasteiger partial charge in [0.15, 0.2) is 0 Å². The molecule has 0 spiro atoms. The third-order valence-corrected chi connectivity index (χ3v) is 3.12. The van der Waals surface area contributed by atoms with Crippen molar-refractivity contribution >= 4 is 17.3 Å². The molecule has 0 fully saturated rings. The number of amides is 1. The average Bonchev–Trinajstić information content (AvgIpc) is 2.48. The van der Waals surface area contributed by atoms with E-state index in [1.54, 1.807) is 0 Å². The van der Waals surface area contributed by atoms with E-state index in [4.69, 9.17) is 0 Å². The highest BCUT2D eigenvalue weighted by Crippen LogP contribution is 2.15. The molecule has 0 bridgehead atoms. The Hall–Kier alpha value is -2.36. The molecular formula is C17H21N3O. The van der Waals surface area contributed by atoms with Gasteiger partial charge >= 0.3 is 0 Å². The van der Waals surface area contributed by atoms with Crippen LogP contribution in [0.4, 0.5) is 11.4 Å². The predicted molar refractivity (Wildman–Crippen MR) is 86.2 cm³/mol. The van der Waals surface area contributed by atoms with Crippen molar-refractivity contribution < 1.29 is 4.79 Å². The Morgan fingerprint density at radius 1 is 1.10 bits per heavy atom. The first kappa shape index (κ1) is 15.0. The lowest BCUT2D eigenvalue weighted by Gasteiger charge is -2.10. The van der Waals surface area contributed by atoms with Crippen LogP contribution in [-0.2, 0) is 11.3 Å². The summed E-state index contributed by atoms with van der Waals surface area (Å²) in [7, 11) is 0. The van der Waals surface area contributed by atoms with Crippen molar-refractivity contribution in [2.75, 3.05) is 10.6 Å². The lowest BCUT2D eigenvalue weighted by Crippen LogP contribution is -2.17. The van der Waals surface area contributed by atoms with Crippen LogP contribution in [0.3, 0.4) is 0 Å². The van der Waals surface area contributed by atoms with E-state index in [1.807, 2.05) is 57.3 Å². The molecule has 4 heteroatoms. The van der Waals surface area contributed by atoms with E-state index in [0.29, 0.717) is 6.54 Å². The molecule has 21 heavy (non-hydrogen) atoms. The normalized spacial score (nSPS) is 10.5. The van der Waals surface area contributed by atoms with E-state index in [0.717, 1.165) is 22.6 Å². The fourth-order valence-corrected chi connectivity index (χ4v) is 1.75. The van der Waals surface area contributed by atoms with E-state index < -0.39 is 0 Å². The van der Waals surface area contributed by atoms with E-state index >= 15 is 0 Å². The summed E-state index contributed by atoms with van der Waals surface area (Å²) in [5.41, 5.74) is 3.97. The molecule has 2 aromatic rings. The second-order valence-electron chi connectivity index (χ2n) is 5.40. The zero-order valence-corrected chi connectivity index (χ0v) is 12.7. The van der Waals surface area contributed by atoms with Gasteiger partial charge in [-0.3, -0.25) is 9.78 Å². The van der Waals surface area contributed by atoms with E-state index in [9.17, 15) is 4.79 Å². The molecule has 0 unspecified atom stereocenters. The first-order valence-electron chi connectivity index (χ1n) is 7.11. The number of pyridine rings is 1. The zero-order chi connectivity index (χ0) is 15.2. The SMILES string of the molecule is Cc1ccc(CNc2ccc(NC(=O)C(C)C)cc2)nc1. The highest BCUT2D eigenvalue weighted by molar-refractivity contribution is 5.92. The third-order valence-electron chi connectivity index (χ3n) is 3.12. The second kappa shape index (κ2) is 6.88. The number of nitrogens with zero attached hydrogens (tertiary/aromatic N) is 1. The van der Waals surface area contributed by atoms with Gasteiger partial charge in [0, 0.05) is 23.5 Å². The van der Waals surface area contributed by atoms with E-state index in [-0.39, 0.29) is 11.8 Å². The largest absolute Gasteiger partial charge is 0.379 e. The lowest BCUT2D eigenvalue weighted by molar-refractivity contribution is -0.118. The van der Waals surface area contributed by atoms with Gasteiger partial charge in [0.25, 0.3) is 0 Å². The van der Waals surface area contributed by atoms with Crippen molar-refractivity contribution in [2.24, 2.45) is 5.92 Å². The minimum atomic E-state index is -0.0181. The van der Waals surface area contributed by atoms with Gasteiger partial charge in [-0.1, -0.05) is 19.9 Å². The molecule has 1 aromatic heterocycles. The molecule has 2 N–H and O–H groups in total. The van der Waals surface area contributed by atoms with Crippen LogP contribution in [0.1, 0.15) is 25.1 Å². The highest BCUT2D eigenvalue weighted by atomic mass is 16.1. The lowest BCUT2D eigenvalue weighted by atomic mass is 10.2. The summed E-state index contributed by atoms with van der Waals surface area (Å²) in [6.45, 7) is 6.45. The Morgan fingerprint density at radius 2 is 1.76 bits per heavy atom. The molecule has 0 saturated carbocycles. The van der Waals surface area contributed by atoms with Gasteiger partial charge < -0.3 is 10.6 Å². The molecule has 0 aliphatic carbocycles. The van der Waals surface area contributed by atoms with Crippen LogP contribution < -0.4 is 10.6 Å². The van der Waals surface area contributed by atoms with Crippen molar-refractivity contribution in [3.63, 3.8) is 0 Å². The Morgan fingerprint density at radius 3 is 2.33 bits per heavy atom. The second-order valence-corrected chi connectivity index (χ2v) is 5.40. The first-order valence-corrected chi connectivity index (χ1v) is 7.11. The van der Waals surface area contributed by atoms with Gasteiger partial charge in [-0.05, 0) is 42.8 Å². The number of hydrogen-bond acceptors (Lipinski definition) is 3. The maximum absolute atomic E-state index is 11.6. The number of rotatable bonds is 5. The summed E-state index contributed by atoms with van der Waals surface area (Å²) < 4.78 is 0. The van der Waals surface area contributed by atoms with Crippen LogP contribution in [0, 0.1) is 12.8 Å². The molecule has 1 heterocycles. The third kappa shape index (κ3) is 4.60. The van der Waals surface area contributed by atoms with Gasteiger partial charge in [0.1, 0.15) is 0 Å². The van der Waals surface area contributed by atoms with Gasteiger partial charge in [0.2, 0.25) is 5.91 Å². The zero-order valence-electron chi connectivity index (χ0n) is 12.7. The summed E-state index contributed by atoms with van der Waals surface area (Å²) >= 11 is 0. The number of carbonyl (C=O) groups is 1. The van der Waals surface area contributed by atoms with Crippen LogP contribution in [0.15, 0.2) is 42.6 Å². The number of nitrogens with one attached hydrogen (secondary N) is 2. The van der Waals surface area contributed by atoms with E-state index in [1.165, 1.54) is 0 Å². The number of carbonyl (C=O) groups excluding carboxylic acids is 1. The molecule has 0 aliphatic rings. The summed E-state index contributed by atoms with van der Waals surface area (Å²) in [5.74, 6) is 0.00924. The van der Waals surface area contributed by atoms with Gasteiger partial charge in [-0.15, -0.1) is 0 Å². The predicted octanol–water partition coefficient (Wildman–Crippen LogP) is 3.60. The van der Waals surface area contributed by atoms with Gasteiger partial charge in [-0.25, -0.2) is 0 Å². The smallest absolute Gasteiger partial charge is 0.226 e. The van der Waals surface area contributed by atoms with Crippen LogP contribution in [0.5, 0.6) is 0 Å². The minimum Gasteiger partial charge on any atom is -0.379 e. The minimum absolute atomic E-state index is 0.0181. The molecule has 2 rings (SSSR count). The summed E-state index contributed by atoms with van der Waals surface area (Å²) in [6, 6.07) is 11.7. The molecule has 0 saturated heterocycles. The number of anilines is 2. The molecule has 0 atom stereocenters.